The molecular weight excluding hydrogens is 380 g/mol. The van der Waals surface area contributed by atoms with Gasteiger partial charge in [0.2, 0.25) is 5.91 Å². The molecule has 1 amide bonds. The van der Waals surface area contributed by atoms with Gasteiger partial charge in [0.1, 0.15) is 0 Å². The van der Waals surface area contributed by atoms with Crippen LogP contribution in [0.1, 0.15) is 17.0 Å². The maximum absolute atomic E-state index is 13.1. The van der Waals surface area contributed by atoms with E-state index < -0.39 is 0 Å². The van der Waals surface area contributed by atoms with Crippen molar-refractivity contribution in [3.8, 4) is 11.1 Å². The van der Waals surface area contributed by atoms with E-state index >= 15 is 0 Å². The van der Waals surface area contributed by atoms with Crippen LogP contribution >= 0.6 is 0 Å². The third-order valence-corrected chi connectivity index (χ3v) is 5.88. The van der Waals surface area contributed by atoms with E-state index in [1.54, 1.807) is 0 Å². The molecule has 0 fully saturated rings. The van der Waals surface area contributed by atoms with Crippen molar-refractivity contribution in [2.75, 3.05) is 23.3 Å². The minimum atomic E-state index is -0.00750. The highest BCUT2D eigenvalue weighted by Crippen LogP contribution is 2.39. The van der Waals surface area contributed by atoms with Crippen LogP contribution in [0.3, 0.4) is 0 Å². The smallest absolute Gasteiger partial charge is 0.243 e. The Morgan fingerprint density at radius 3 is 2.23 bits per heavy atom. The van der Waals surface area contributed by atoms with Gasteiger partial charge in [-0.1, -0.05) is 97.1 Å². The summed E-state index contributed by atoms with van der Waals surface area (Å²) in [5.74, 6) is 0.272. The lowest BCUT2D eigenvalue weighted by molar-refractivity contribution is -0.115. The van der Waals surface area contributed by atoms with Crippen LogP contribution in [0.15, 0.2) is 109 Å². The standard InChI is InChI=1S/C28H24N2O/c31-28(29-26-17-9-7-15-23(26)21-11-3-1-4-12-21)20-30-19-25(22-13-5-2-6-14-22)24-16-8-10-18-27(24)30/h1-18,25H,19-20H2,(H,29,31). The highest BCUT2D eigenvalue weighted by molar-refractivity contribution is 5.98. The van der Waals surface area contributed by atoms with Crippen molar-refractivity contribution < 1.29 is 4.79 Å². The molecule has 5 rings (SSSR count). The third-order valence-electron chi connectivity index (χ3n) is 5.88. The number of nitrogens with one attached hydrogen (secondary N) is 1. The zero-order valence-corrected chi connectivity index (χ0v) is 17.2. The molecule has 3 nitrogen and oxygen atoms in total. The number of carbonyl (C=O) groups excluding carboxylic acids is 1. The van der Waals surface area contributed by atoms with E-state index in [1.807, 2.05) is 54.6 Å². The molecule has 31 heavy (non-hydrogen) atoms. The number of anilines is 2. The van der Waals surface area contributed by atoms with Crippen molar-refractivity contribution in [2.45, 2.75) is 5.92 Å². The molecule has 0 bridgehead atoms. The van der Waals surface area contributed by atoms with Crippen LogP contribution in [0.25, 0.3) is 11.1 Å². The van der Waals surface area contributed by atoms with Crippen LogP contribution < -0.4 is 10.2 Å². The van der Waals surface area contributed by atoms with Crippen LogP contribution in [-0.2, 0) is 4.79 Å². The third kappa shape index (κ3) is 3.95. The maximum atomic E-state index is 13.1. The van der Waals surface area contributed by atoms with Crippen molar-refractivity contribution in [3.63, 3.8) is 0 Å². The Bertz CT molecular complexity index is 1190. The second-order valence-electron chi connectivity index (χ2n) is 7.86. The molecule has 1 aliphatic rings. The first kappa shape index (κ1) is 19.1. The molecule has 4 aromatic rings. The number of rotatable bonds is 5. The molecule has 0 saturated carbocycles. The van der Waals surface area contributed by atoms with E-state index in [2.05, 4.69) is 64.8 Å². The minimum absolute atomic E-state index is 0.00750. The highest BCUT2D eigenvalue weighted by atomic mass is 16.2. The average molecular weight is 405 g/mol. The zero-order valence-electron chi connectivity index (χ0n) is 17.2. The van der Waals surface area contributed by atoms with Gasteiger partial charge in [0.15, 0.2) is 0 Å². The number of fused-ring (bicyclic) bond motifs is 1. The van der Waals surface area contributed by atoms with Gasteiger partial charge in [-0.05, 0) is 28.8 Å². The van der Waals surface area contributed by atoms with E-state index in [0.29, 0.717) is 6.54 Å². The SMILES string of the molecule is O=C(CN1CC(c2ccccc2)c2ccccc21)Nc1ccccc1-c1ccccc1. The lowest BCUT2D eigenvalue weighted by Crippen LogP contribution is -2.32. The maximum Gasteiger partial charge on any atom is 0.243 e. The van der Waals surface area contributed by atoms with E-state index in [1.165, 1.54) is 11.1 Å². The number of amides is 1. The van der Waals surface area contributed by atoms with Crippen LogP contribution in [0.2, 0.25) is 0 Å². The lowest BCUT2D eigenvalue weighted by Gasteiger charge is -2.20. The molecule has 0 aliphatic carbocycles. The number of hydrogen-bond donors (Lipinski definition) is 1. The fraction of sp³-hybridized carbons (Fsp3) is 0.107. The predicted octanol–water partition coefficient (Wildman–Crippen LogP) is 5.94. The summed E-state index contributed by atoms with van der Waals surface area (Å²) in [5, 5.41) is 3.14. The molecule has 1 aliphatic heterocycles. The van der Waals surface area contributed by atoms with Gasteiger partial charge < -0.3 is 10.2 Å². The minimum Gasteiger partial charge on any atom is -0.361 e. The van der Waals surface area contributed by atoms with E-state index in [9.17, 15) is 4.79 Å². The molecule has 0 spiro atoms. The van der Waals surface area contributed by atoms with Crippen LogP contribution in [0, 0.1) is 0 Å². The van der Waals surface area contributed by atoms with Crippen molar-refractivity contribution in [1.82, 2.24) is 0 Å². The quantitative estimate of drug-likeness (QED) is 0.446. The molecule has 152 valence electrons. The number of benzene rings is 4. The highest BCUT2D eigenvalue weighted by Gasteiger charge is 2.30. The Morgan fingerprint density at radius 1 is 0.774 bits per heavy atom. The van der Waals surface area contributed by atoms with Gasteiger partial charge in [0.25, 0.3) is 0 Å². The number of carbonyl (C=O) groups is 1. The Morgan fingerprint density at radius 2 is 1.42 bits per heavy atom. The van der Waals surface area contributed by atoms with E-state index in [-0.39, 0.29) is 11.8 Å². The molecule has 0 aromatic heterocycles. The summed E-state index contributed by atoms with van der Waals surface area (Å²) in [6.45, 7) is 1.13. The van der Waals surface area contributed by atoms with Gasteiger partial charge in [-0.15, -0.1) is 0 Å². The summed E-state index contributed by atoms with van der Waals surface area (Å²) in [6.07, 6.45) is 0. The first-order valence-electron chi connectivity index (χ1n) is 10.6. The predicted molar refractivity (Wildman–Crippen MR) is 127 cm³/mol. The summed E-state index contributed by atoms with van der Waals surface area (Å²) < 4.78 is 0. The molecule has 0 radical (unpaired) electrons. The average Bonchev–Trinajstić information content (AvgIpc) is 3.19. The molecule has 0 saturated heterocycles. The molecule has 4 aromatic carbocycles. The van der Waals surface area contributed by atoms with Crippen LogP contribution in [0.5, 0.6) is 0 Å². The van der Waals surface area contributed by atoms with Crippen LogP contribution in [-0.4, -0.2) is 19.0 Å². The van der Waals surface area contributed by atoms with E-state index in [4.69, 9.17) is 0 Å². The molecule has 1 heterocycles. The monoisotopic (exact) mass is 404 g/mol. The fourth-order valence-corrected chi connectivity index (χ4v) is 4.43. The van der Waals surface area contributed by atoms with Gasteiger partial charge in [-0.25, -0.2) is 0 Å². The first-order valence-corrected chi connectivity index (χ1v) is 10.6. The number of nitrogens with zero attached hydrogens (tertiary/aromatic N) is 1. The normalized spacial score (nSPS) is 14.8. The van der Waals surface area contributed by atoms with Crippen molar-refractivity contribution in [1.29, 1.82) is 0 Å². The summed E-state index contributed by atoms with van der Waals surface area (Å²) in [5.41, 5.74) is 6.67. The zero-order chi connectivity index (χ0) is 21.0. The van der Waals surface area contributed by atoms with Gasteiger partial charge in [0.05, 0.1) is 6.54 Å². The van der Waals surface area contributed by atoms with E-state index in [0.717, 1.165) is 29.0 Å². The van der Waals surface area contributed by atoms with Crippen molar-refractivity contribution in [2.24, 2.45) is 0 Å². The molecule has 1 N–H and O–H groups in total. The molecular formula is C28H24N2O. The topological polar surface area (TPSA) is 32.3 Å². The van der Waals surface area contributed by atoms with Gasteiger partial charge in [-0.2, -0.15) is 0 Å². The molecule has 1 atom stereocenters. The fourth-order valence-electron chi connectivity index (χ4n) is 4.43. The second-order valence-corrected chi connectivity index (χ2v) is 7.86. The van der Waals surface area contributed by atoms with Crippen molar-refractivity contribution >= 4 is 17.3 Å². The Labute approximate surface area is 183 Å². The summed E-state index contributed by atoms with van der Waals surface area (Å²) >= 11 is 0. The van der Waals surface area contributed by atoms with Crippen molar-refractivity contribution in [3.05, 3.63) is 120 Å². The van der Waals surface area contributed by atoms with Crippen LogP contribution in [0.4, 0.5) is 11.4 Å². The summed E-state index contributed by atoms with van der Waals surface area (Å²) in [7, 11) is 0. The Hall–Kier alpha value is -3.85. The van der Waals surface area contributed by atoms with Gasteiger partial charge in [-0.3, -0.25) is 4.79 Å². The largest absolute Gasteiger partial charge is 0.361 e. The van der Waals surface area contributed by atoms with Gasteiger partial charge in [0, 0.05) is 29.4 Å². The second kappa shape index (κ2) is 8.49. The Kier molecular flexibility index (Phi) is 5.24. The number of para-hydroxylation sites is 2. The summed E-state index contributed by atoms with van der Waals surface area (Å²) in [4.78, 5) is 15.2. The lowest BCUT2D eigenvalue weighted by atomic mass is 9.93. The first-order chi connectivity index (χ1) is 15.3. The molecule has 3 heteroatoms. The van der Waals surface area contributed by atoms with Gasteiger partial charge >= 0.3 is 0 Å². The Balaban J connectivity index is 1.36. The number of hydrogen-bond acceptors (Lipinski definition) is 2. The molecule has 1 unspecified atom stereocenters. The summed E-state index contributed by atoms with van der Waals surface area (Å²) in [6, 6.07) is 37.1.